The van der Waals surface area contributed by atoms with E-state index in [9.17, 15) is 9.90 Å². The van der Waals surface area contributed by atoms with E-state index < -0.39 is 12.0 Å². The van der Waals surface area contributed by atoms with E-state index in [1.54, 1.807) is 19.0 Å². The van der Waals surface area contributed by atoms with E-state index in [1.165, 1.54) is 0 Å². The van der Waals surface area contributed by atoms with Crippen LogP contribution in [-0.4, -0.2) is 40.7 Å². The molecule has 0 aliphatic heterocycles. The van der Waals surface area contributed by atoms with Gasteiger partial charge in [-0.05, 0) is 25.7 Å². The molecule has 0 amide bonds. The highest BCUT2D eigenvalue weighted by atomic mass is 16.4. The highest BCUT2D eigenvalue weighted by Crippen LogP contribution is 2.22. The molecule has 4 nitrogen and oxygen atoms in total. The average Bonchev–Trinajstić information content (AvgIpc) is 2.63. The molecular weight excluding hydrogens is 228 g/mol. The zero-order valence-electron chi connectivity index (χ0n) is 10.9. The number of likely N-dealkylation sites (N-methyl/N-ethyl adjacent to an activating group) is 1. The molecule has 4 heteroatoms. The molecular formula is C14H18N2O2. The number of benzene rings is 1. The summed E-state index contributed by atoms with van der Waals surface area (Å²) in [5, 5.41) is 10.4. The third-order valence-electron chi connectivity index (χ3n) is 3.30. The zero-order valence-corrected chi connectivity index (χ0v) is 10.9. The van der Waals surface area contributed by atoms with Crippen molar-refractivity contribution in [3.63, 3.8) is 0 Å². The summed E-state index contributed by atoms with van der Waals surface area (Å²) in [6, 6.07) is 7.57. The number of nitrogens with zero attached hydrogens (tertiary/aromatic N) is 2. The molecule has 1 N–H and O–H groups in total. The first-order chi connectivity index (χ1) is 8.50. The van der Waals surface area contributed by atoms with Crippen molar-refractivity contribution in [1.29, 1.82) is 0 Å². The fraction of sp³-hybridized carbons (Fsp3) is 0.357. The summed E-state index contributed by atoms with van der Waals surface area (Å²) >= 11 is 0. The minimum atomic E-state index is -0.784. The van der Waals surface area contributed by atoms with E-state index in [0.717, 1.165) is 16.5 Å². The van der Waals surface area contributed by atoms with Gasteiger partial charge in [0.2, 0.25) is 0 Å². The van der Waals surface area contributed by atoms with Crippen molar-refractivity contribution in [2.75, 3.05) is 14.1 Å². The summed E-state index contributed by atoms with van der Waals surface area (Å²) in [7, 11) is 5.57. The van der Waals surface area contributed by atoms with Crippen LogP contribution in [0, 0.1) is 0 Å². The van der Waals surface area contributed by atoms with Crippen LogP contribution in [0.1, 0.15) is 5.56 Å². The van der Waals surface area contributed by atoms with E-state index in [2.05, 4.69) is 0 Å². The Morgan fingerprint density at radius 3 is 2.67 bits per heavy atom. The molecule has 0 spiro atoms. The minimum Gasteiger partial charge on any atom is -0.480 e. The Balaban J connectivity index is 2.40. The quantitative estimate of drug-likeness (QED) is 0.893. The van der Waals surface area contributed by atoms with Gasteiger partial charge in [-0.1, -0.05) is 18.2 Å². The van der Waals surface area contributed by atoms with Crippen LogP contribution >= 0.6 is 0 Å². The van der Waals surface area contributed by atoms with E-state index >= 15 is 0 Å². The number of carbonyl (C=O) groups is 1. The van der Waals surface area contributed by atoms with Crippen LogP contribution in [0.2, 0.25) is 0 Å². The molecule has 1 heterocycles. The van der Waals surface area contributed by atoms with E-state index in [1.807, 2.05) is 42.1 Å². The summed E-state index contributed by atoms with van der Waals surface area (Å²) < 4.78 is 2.04. The first kappa shape index (κ1) is 12.6. The number of para-hydroxylation sites is 1. The van der Waals surface area contributed by atoms with Gasteiger partial charge >= 0.3 is 5.97 Å². The van der Waals surface area contributed by atoms with E-state index in [4.69, 9.17) is 0 Å². The van der Waals surface area contributed by atoms with E-state index in [-0.39, 0.29) is 0 Å². The fourth-order valence-corrected chi connectivity index (χ4v) is 2.29. The van der Waals surface area contributed by atoms with Gasteiger partial charge < -0.3 is 9.67 Å². The Morgan fingerprint density at radius 1 is 1.39 bits per heavy atom. The number of aliphatic carboxylic acids is 1. The third kappa shape index (κ3) is 2.24. The molecule has 1 aromatic heterocycles. The Kier molecular flexibility index (Phi) is 3.39. The molecule has 0 saturated carbocycles. The monoisotopic (exact) mass is 246 g/mol. The summed E-state index contributed by atoms with van der Waals surface area (Å²) in [5.41, 5.74) is 2.21. The van der Waals surface area contributed by atoms with Gasteiger partial charge in [-0.25, -0.2) is 0 Å². The summed E-state index contributed by atoms with van der Waals surface area (Å²) in [6.45, 7) is 0. The molecule has 0 aliphatic carbocycles. The zero-order chi connectivity index (χ0) is 13.3. The highest BCUT2D eigenvalue weighted by Gasteiger charge is 2.21. The largest absolute Gasteiger partial charge is 0.480 e. The van der Waals surface area contributed by atoms with Crippen molar-refractivity contribution in [3.8, 4) is 0 Å². The van der Waals surface area contributed by atoms with Crippen LogP contribution in [0.3, 0.4) is 0 Å². The fourth-order valence-electron chi connectivity index (χ4n) is 2.29. The highest BCUT2D eigenvalue weighted by molar-refractivity contribution is 5.85. The molecule has 0 fully saturated rings. The van der Waals surface area contributed by atoms with Crippen LogP contribution in [-0.2, 0) is 18.3 Å². The van der Waals surface area contributed by atoms with Crippen molar-refractivity contribution < 1.29 is 9.90 Å². The lowest BCUT2D eigenvalue weighted by Gasteiger charge is -2.19. The second kappa shape index (κ2) is 4.82. The Hall–Kier alpha value is -1.81. The second-order valence-corrected chi connectivity index (χ2v) is 4.80. The Labute approximate surface area is 106 Å². The molecule has 2 aromatic rings. The third-order valence-corrected chi connectivity index (χ3v) is 3.30. The van der Waals surface area contributed by atoms with Crippen LogP contribution < -0.4 is 0 Å². The SMILES string of the molecule is CN(C)C(Cc1cn(C)c2ccccc12)C(=O)O. The van der Waals surface area contributed by atoms with Gasteiger partial charge in [0.25, 0.3) is 0 Å². The smallest absolute Gasteiger partial charge is 0.321 e. The number of aryl methyl sites for hydroxylation is 1. The number of hydrogen-bond acceptors (Lipinski definition) is 2. The van der Waals surface area contributed by atoms with Crippen molar-refractivity contribution in [1.82, 2.24) is 9.47 Å². The van der Waals surface area contributed by atoms with Gasteiger partial charge in [0.05, 0.1) is 0 Å². The van der Waals surface area contributed by atoms with Crippen LogP contribution in [0.25, 0.3) is 10.9 Å². The number of carboxylic acids is 1. The molecule has 1 aromatic carbocycles. The maximum atomic E-state index is 11.2. The maximum Gasteiger partial charge on any atom is 0.321 e. The number of fused-ring (bicyclic) bond motifs is 1. The Bertz CT molecular complexity index is 572. The molecule has 18 heavy (non-hydrogen) atoms. The van der Waals surface area contributed by atoms with Gasteiger partial charge in [0.15, 0.2) is 0 Å². The van der Waals surface area contributed by atoms with Crippen LogP contribution in [0.15, 0.2) is 30.5 Å². The van der Waals surface area contributed by atoms with E-state index in [0.29, 0.717) is 6.42 Å². The lowest BCUT2D eigenvalue weighted by molar-refractivity contribution is -0.142. The van der Waals surface area contributed by atoms with Gasteiger partial charge in [-0.2, -0.15) is 0 Å². The van der Waals surface area contributed by atoms with Gasteiger partial charge in [0, 0.05) is 30.6 Å². The predicted octanol–water partition coefficient (Wildman–Crippen LogP) is 1.74. The van der Waals surface area contributed by atoms with Gasteiger partial charge in [-0.15, -0.1) is 0 Å². The molecule has 2 rings (SSSR count). The molecule has 0 saturated heterocycles. The molecule has 0 aliphatic rings. The van der Waals surface area contributed by atoms with Gasteiger partial charge in [0.1, 0.15) is 6.04 Å². The second-order valence-electron chi connectivity index (χ2n) is 4.80. The molecule has 0 radical (unpaired) electrons. The number of aromatic nitrogens is 1. The topological polar surface area (TPSA) is 45.5 Å². The van der Waals surface area contributed by atoms with Crippen molar-refractivity contribution >= 4 is 16.9 Å². The van der Waals surface area contributed by atoms with Crippen molar-refractivity contribution in [2.24, 2.45) is 7.05 Å². The molecule has 0 bridgehead atoms. The van der Waals surface area contributed by atoms with Crippen LogP contribution in [0.4, 0.5) is 0 Å². The van der Waals surface area contributed by atoms with Crippen molar-refractivity contribution in [3.05, 3.63) is 36.0 Å². The summed E-state index contributed by atoms with van der Waals surface area (Å²) in [4.78, 5) is 13.0. The van der Waals surface area contributed by atoms with Gasteiger partial charge in [-0.3, -0.25) is 9.69 Å². The predicted molar refractivity (Wildman–Crippen MR) is 71.7 cm³/mol. The lowest BCUT2D eigenvalue weighted by atomic mass is 10.0. The molecule has 1 unspecified atom stereocenters. The first-order valence-corrected chi connectivity index (χ1v) is 5.93. The standard InChI is InChI=1S/C14H18N2O2/c1-15(2)13(14(17)18)8-10-9-16(3)12-7-5-4-6-11(10)12/h4-7,9,13H,8H2,1-3H3,(H,17,18). The minimum absolute atomic E-state index is 0.490. The lowest BCUT2D eigenvalue weighted by Crippen LogP contribution is -2.37. The number of rotatable bonds is 4. The Morgan fingerprint density at radius 2 is 2.06 bits per heavy atom. The molecule has 96 valence electrons. The number of hydrogen-bond donors (Lipinski definition) is 1. The summed E-state index contributed by atoms with van der Waals surface area (Å²) in [6.07, 6.45) is 2.54. The maximum absolute atomic E-state index is 11.2. The van der Waals surface area contributed by atoms with Crippen LogP contribution in [0.5, 0.6) is 0 Å². The number of carboxylic acid groups (broad SMARTS) is 1. The summed E-state index contributed by atoms with van der Waals surface area (Å²) in [5.74, 6) is -0.784. The average molecular weight is 246 g/mol. The molecule has 1 atom stereocenters. The first-order valence-electron chi connectivity index (χ1n) is 5.93. The normalized spacial score (nSPS) is 13.1. The van der Waals surface area contributed by atoms with Crippen molar-refractivity contribution in [2.45, 2.75) is 12.5 Å².